The van der Waals surface area contributed by atoms with Crippen molar-refractivity contribution in [1.29, 1.82) is 0 Å². The van der Waals surface area contributed by atoms with Crippen molar-refractivity contribution in [3.05, 3.63) is 11.8 Å². The molecular weight excluding hydrogens is 257 g/mol. The zero-order valence-electron chi connectivity index (χ0n) is 6.93. The summed E-state index contributed by atoms with van der Waals surface area (Å²) in [4.78, 5) is 11.1. The zero-order chi connectivity index (χ0) is 8.85. The lowest BCUT2D eigenvalue weighted by atomic mass is 10.4. The van der Waals surface area contributed by atoms with E-state index in [4.69, 9.17) is 4.74 Å². The molecular formula is C7H12INO2. The van der Waals surface area contributed by atoms with Gasteiger partial charge in [-0.15, -0.1) is 0 Å². The molecule has 0 aliphatic carbocycles. The van der Waals surface area contributed by atoms with Gasteiger partial charge in [0.05, 0.1) is 29.5 Å². The minimum absolute atomic E-state index is 0.271. The predicted molar refractivity (Wildman–Crippen MR) is 52.2 cm³/mol. The molecule has 0 bridgehead atoms. The third-order valence-corrected chi connectivity index (χ3v) is 1.61. The van der Waals surface area contributed by atoms with Crippen molar-refractivity contribution in [3.63, 3.8) is 0 Å². The molecule has 4 heteroatoms. The molecule has 0 rings (SSSR count). The van der Waals surface area contributed by atoms with Gasteiger partial charge in [0, 0.05) is 7.05 Å². The molecule has 3 nitrogen and oxygen atoms in total. The maximum atomic E-state index is 11.1. The number of carbonyl (C=O) groups is 1. The van der Waals surface area contributed by atoms with Gasteiger partial charge < -0.3 is 7.85 Å². The van der Waals surface area contributed by atoms with E-state index in [1.807, 2.05) is 22.9 Å². The Bertz CT molecular complexity index is 166. The Kier molecular flexibility index (Phi) is 5.27. The Hall–Kier alpha value is -0.260. The van der Waals surface area contributed by atoms with Crippen LogP contribution in [0.25, 0.3) is 0 Å². The number of nitrogens with zero attached hydrogens (tertiary/aromatic N) is 1. The fourth-order valence-electron chi connectivity index (χ4n) is 0.627. The molecule has 0 radical (unpaired) electrons. The molecule has 0 aromatic rings. The van der Waals surface area contributed by atoms with E-state index in [9.17, 15) is 4.79 Å². The summed E-state index contributed by atoms with van der Waals surface area (Å²) in [5.74, 6) is -0.271. The monoisotopic (exact) mass is 269 g/mol. The van der Waals surface area contributed by atoms with Crippen molar-refractivity contribution in [1.82, 2.24) is 3.11 Å². The van der Waals surface area contributed by atoms with Crippen molar-refractivity contribution < 1.29 is 9.53 Å². The minimum Gasteiger partial charge on any atom is -0.461 e. The number of rotatable bonds is 3. The first-order valence-electron chi connectivity index (χ1n) is 3.36. The topological polar surface area (TPSA) is 29.5 Å². The first-order valence-corrected chi connectivity index (χ1v) is 4.32. The summed E-state index contributed by atoms with van der Waals surface area (Å²) >= 11 is 2.02. The highest BCUT2D eigenvalue weighted by molar-refractivity contribution is 14.1. The van der Waals surface area contributed by atoms with Crippen LogP contribution in [0.5, 0.6) is 0 Å². The van der Waals surface area contributed by atoms with Gasteiger partial charge in [-0.05, 0) is 13.8 Å². The molecule has 0 aromatic heterocycles. The van der Waals surface area contributed by atoms with E-state index in [-0.39, 0.29) is 5.97 Å². The van der Waals surface area contributed by atoms with E-state index in [1.54, 1.807) is 30.1 Å². The van der Waals surface area contributed by atoms with E-state index in [0.717, 1.165) is 0 Å². The van der Waals surface area contributed by atoms with Gasteiger partial charge in [-0.1, -0.05) is 6.08 Å². The molecule has 0 aromatic carbocycles. The molecule has 0 atom stereocenters. The molecule has 0 N–H and O–H groups in total. The van der Waals surface area contributed by atoms with Crippen LogP contribution in [0.3, 0.4) is 0 Å². The second-order valence-corrected chi connectivity index (χ2v) is 3.32. The molecule has 0 spiro atoms. The summed E-state index contributed by atoms with van der Waals surface area (Å²) in [6.45, 7) is 4.01. The summed E-state index contributed by atoms with van der Waals surface area (Å²) in [7, 11) is 1.80. The van der Waals surface area contributed by atoms with Crippen LogP contribution in [0.2, 0.25) is 0 Å². The second-order valence-electron chi connectivity index (χ2n) is 1.87. The highest BCUT2D eigenvalue weighted by atomic mass is 127. The summed E-state index contributed by atoms with van der Waals surface area (Å²) in [6.07, 6.45) is 1.73. The molecule has 0 aliphatic rings. The van der Waals surface area contributed by atoms with Crippen LogP contribution in [-0.2, 0) is 9.53 Å². The van der Waals surface area contributed by atoms with Crippen LogP contribution in [0.1, 0.15) is 13.8 Å². The van der Waals surface area contributed by atoms with Crippen molar-refractivity contribution >= 4 is 28.8 Å². The lowest BCUT2D eigenvalue weighted by Gasteiger charge is -2.12. The molecule has 0 fully saturated rings. The first kappa shape index (κ1) is 10.7. The Morgan fingerprint density at radius 3 is 2.55 bits per heavy atom. The molecule has 0 heterocycles. The van der Waals surface area contributed by atoms with Crippen molar-refractivity contribution in [2.45, 2.75) is 13.8 Å². The minimum atomic E-state index is -0.271. The van der Waals surface area contributed by atoms with Gasteiger partial charge in [0.1, 0.15) is 5.70 Å². The van der Waals surface area contributed by atoms with Gasteiger partial charge in [0.15, 0.2) is 0 Å². The Labute approximate surface area is 80.9 Å². The van der Waals surface area contributed by atoms with Crippen LogP contribution in [0.15, 0.2) is 11.8 Å². The number of hydrogen-bond acceptors (Lipinski definition) is 3. The van der Waals surface area contributed by atoms with E-state index in [0.29, 0.717) is 12.3 Å². The van der Waals surface area contributed by atoms with Crippen molar-refractivity contribution in [2.24, 2.45) is 0 Å². The quantitative estimate of drug-likeness (QED) is 0.338. The summed E-state index contributed by atoms with van der Waals surface area (Å²) < 4.78 is 6.51. The number of ether oxygens (including phenoxy) is 1. The SMILES string of the molecule is C/C=C(/C(=O)OCC)N(C)I. The van der Waals surface area contributed by atoms with Gasteiger partial charge in [0.2, 0.25) is 0 Å². The van der Waals surface area contributed by atoms with Crippen LogP contribution < -0.4 is 0 Å². The Balaban J connectivity index is 4.17. The van der Waals surface area contributed by atoms with Gasteiger partial charge in [-0.3, -0.25) is 0 Å². The standard InChI is InChI=1S/C7H12INO2/c1-4-6(9(3)8)7(10)11-5-2/h4H,5H2,1-3H3/b6-4-. The lowest BCUT2D eigenvalue weighted by molar-refractivity contribution is -0.139. The van der Waals surface area contributed by atoms with Crippen LogP contribution in [-0.4, -0.2) is 22.7 Å². The zero-order valence-corrected chi connectivity index (χ0v) is 9.08. The summed E-state index contributed by atoms with van der Waals surface area (Å²) in [5.41, 5.74) is 0.576. The highest BCUT2D eigenvalue weighted by Crippen LogP contribution is 2.08. The molecule has 0 aliphatic heterocycles. The van der Waals surface area contributed by atoms with Gasteiger partial charge in [-0.25, -0.2) is 4.79 Å². The number of allylic oxidation sites excluding steroid dienone is 1. The van der Waals surface area contributed by atoms with Gasteiger partial charge in [-0.2, -0.15) is 0 Å². The number of halogens is 1. The summed E-state index contributed by atoms with van der Waals surface area (Å²) in [6, 6.07) is 0. The van der Waals surface area contributed by atoms with Crippen molar-refractivity contribution in [2.75, 3.05) is 13.7 Å². The molecule has 0 saturated carbocycles. The van der Waals surface area contributed by atoms with Crippen LogP contribution in [0, 0.1) is 0 Å². The van der Waals surface area contributed by atoms with Crippen LogP contribution in [0.4, 0.5) is 0 Å². The normalized spacial score (nSPS) is 11.1. The molecule has 64 valence electrons. The summed E-state index contributed by atoms with van der Waals surface area (Å²) in [5, 5.41) is 0. The fraction of sp³-hybridized carbons (Fsp3) is 0.571. The molecule has 0 unspecified atom stereocenters. The third kappa shape index (κ3) is 3.60. The first-order chi connectivity index (χ1) is 5.13. The van der Waals surface area contributed by atoms with E-state index >= 15 is 0 Å². The highest BCUT2D eigenvalue weighted by Gasteiger charge is 2.11. The molecule has 0 saturated heterocycles. The van der Waals surface area contributed by atoms with Crippen LogP contribution >= 0.6 is 22.9 Å². The number of hydrogen-bond donors (Lipinski definition) is 0. The van der Waals surface area contributed by atoms with E-state index < -0.39 is 0 Å². The third-order valence-electron chi connectivity index (χ3n) is 1.09. The average Bonchev–Trinajstić information content (AvgIpc) is 1.88. The maximum Gasteiger partial charge on any atom is 0.354 e. The van der Waals surface area contributed by atoms with Crippen molar-refractivity contribution in [3.8, 4) is 0 Å². The Morgan fingerprint density at radius 1 is 1.73 bits per heavy atom. The smallest absolute Gasteiger partial charge is 0.354 e. The van der Waals surface area contributed by atoms with E-state index in [1.165, 1.54) is 0 Å². The fourth-order valence-corrected chi connectivity index (χ4v) is 1.10. The predicted octanol–water partition coefficient (Wildman–Crippen LogP) is 1.74. The molecule has 0 amide bonds. The average molecular weight is 269 g/mol. The Morgan fingerprint density at radius 2 is 2.27 bits per heavy atom. The number of esters is 1. The molecule has 11 heavy (non-hydrogen) atoms. The number of likely N-dealkylation sites (N-methyl/N-ethyl adjacent to an activating group) is 1. The van der Waals surface area contributed by atoms with Gasteiger partial charge >= 0.3 is 5.97 Å². The lowest BCUT2D eigenvalue weighted by Crippen LogP contribution is -2.16. The second kappa shape index (κ2) is 5.40. The maximum absolute atomic E-state index is 11.1. The number of carbonyl (C=O) groups excluding carboxylic acids is 1. The largest absolute Gasteiger partial charge is 0.461 e. The van der Waals surface area contributed by atoms with Gasteiger partial charge in [0.25, 0.3) is 0 Å². The van der Waals surface area contributed by atoms with E-state index in [2.05, 4.69) is 0 Å².